The van der Waals surface area contributed by atoms with Crippen LogP contribution in [-0.4, -0.2) is 74.9 Å². The van der Waals surface area contributed by atoms with Crippen molar-refractivity contribution < 1.29 is 27.4 Å². The number of hydrogen-bond acceptors (Lipinski definition) is 5. The van der Waals surface area contributed by atoms with Crippen LogP contribution >= 0.6 is 0 Å². The molecular formula is C24H30F3N3O3. The Bertz CT molecular complexity index is 855. The molecular weight excluding hydrogens is 435 g/mol. The summed E-state index contributed by atoms with van der Waals surface area (Å²) in [5, 5.41) is 3.00. The predicted octanol–water partition coefficient (Wildman–Crippen LogP) is 3.96. The van der Waals surface area contributed by atoms with Crippen molar-refractivity contribution >= 4 is 11.6 Å². The lowest BCUT2D eigenvalue weighted by Crippen LogP contribution is -2.50. The van der Waals surface area contributed by atoms with E-state index in [1.165, 1.54) is 0 Å². The minimum Gasteiger partial charge on any atom is -0.497 e. The highest BCUT2D eigenvalue weighted by atomic mass is 19.4. The Hall–Kier alpha value is -2.62. The zero-order valence-corrected chi connectivity index (χ0v) is 18.7. The molecule has 9 heteroatoms. The van der Waals surface area contributed by atoms with Gasteiger partial charge in [0.1, 0.15) is 18.4 Å². The van der Waals surface area contributed by atoms with Crippen molar-refractivity contribution in [3.63, 3.8) is 0 Å². The van der Waals surface area contributed by atoms with Gasteiger partial charge in [0.2, 0.25) is 5.91 Å². The summed E-state index contributed by atoms with van der Waals surface area (Å²) >= 11 is 0. The van der Waals surface area contributed by atoms with Crippen molar-refractivity contribution in [2.75, 3.05) is 58.4 Å². The van der Waals surface area contributed by atoms with Crippen LogP contribution in [0.4, 0.5) is 18.9 Å². The Morgan fingerprint density at radius 2 is 1.70 bits per heavy atom. The van der Waals surface area contributed by atoms with Crippen molar-refractivity contribution in [1.82, 2.24) is 9.80 Å². The quantitative estimate of drug-likeness (QED) is 0.539. The second-order valence-corrected chi connectivity index (χ2v) is 7.93. The number of anilines is 1. The first-order valence-electron chi connectivity index (χ1n) is 11.0. The van der Waals surface area contributed by atoms with Gasteiger partial charge in [0.05, 0.1) is 7.11 Å². The molecule has 1 N–H and O–H groups in total. The van der Waals surface area contributed by atoms with E-state index in [4.69, 9.17) is 4.74 Å². The summed E-state index contributed by atoms with van der Waals surface area (Å²) < 4.78 is 46.3. The maximum absolute atomic E-state index is 13.3. The molecule has 3 rings (SSSR count). The van der Waals surface area contributed by atoms with Gasteiger partial charge in [0.25, 0.3) is 0 Å². The Morgan fingerprint density at radius 3 is 2.30 bits per heavy atom. The van der Waals surface area contributed by atoms with E-state index in [-0.39, 0.29) is 12.5 Å². The Balaban J connectivity index is 1.55. The third-order valence-corrected chi connectivity index (χ3v) is 5.52. The molecule has 1 aliphatic rings. The van der Waals surface area contributed by atoms with Gasteiger partial charge in [-0.25, -0.2) is 0 Å². The van der Waals surface area contributed by atoms with Gasteiger partial charge >= 0.3 is 6.18 Å². The molecule has 180 valence electrons. The molecule has 0 spiro atoms. The van der Waals surface area contributed by atoms with Gasteiger partial charge in [-0.1, -0.05) is 30.3 Å². The molecule has 0 saturated carbocycles. The van der Waals surface area contributed by atoms with Crippen molar-refractivity contribution in [1.29, 1.82) is 0 Å². The molecule has 2 aromatic rings. The maximum Gasteiger partial charge on any atom is 0.411 e. The Kier molecular flexibility index (Phi) is 9.11. The lowest BCUT2D eigenvalue weighted by atomic mass is 10.0. The van der Waals surface area contributed by atoms with Gasteiger partial charge in [0.15, 0.2) is 0 Å². The number of nitrogens with one attached hydrogen (secondary N) is 1. The molecule has 1 atom stereocenters. The summed E-state index contributed by atoms with van der Waals surface area (Å²) in [5.74, 6) is 0.605. The maximum atomic E-state index is 13.3. The first kappa shape index (κ1) is 25.0. The fourth-order valence-corrected chi connectivity index (χ4v) is 3.87. The van der Waals surface area contributed by atoms with Crippen LogP contribution in [0, 0.1) is 0 Å². The van der Waals surface area contributed by atoms with Crippen LogP contribution < -0.4 is 10.1 Å². The van der Waals surface area contributed by atoms with E-state index in [0.717, 1.165) is 18.7 Å². The summed E-state index contributed by atoms with van der Waals surface area (Å²) in [6, 6.07) is 16.4. The molecule has 1 heterocycles. The second-order valence-electron chi connectivity index (χ2n) is 7.93. The van der Waals surface area contributed by atoms with Gasteiger partial charge in [-0.05, 0) is 36.2 Å². The van der Waals surface area contributed by atoms with Gasteiger partial charge in [-0.15, -0.1) is 0 Å². The third kappa shape index (κ3) is 8.03. The summed E-state index contributed by atoms with van der Waals surface area (Å²) in [6.07, 6.45) is -3.75. The molecule has 1 saturated heterocycles. The van der Waals surface area contributed by atoms with Gasteiger partial charge in [-0.3, -0.25) is 9.69 Å². The summed E-state index contributed by atoms with van der Waals surface area (Å²) in [4.78, 5) is 17.6. The fraction of sp³-hybridized carbons (Fsp3) is 0.458. The molecule has 1 unspecified atom stereocenters. The van der Waals surface area contributed by atoms with E-state index in [0.29, 0.717) is 37.5 Å². The van der Waals surface area contributed by atoms with Crippen LogP contribution in [0.25, 0.3) is 0 Å². The number of halogens is 3. The van der Waals surface area contributed by atoms with Crippen LogP contribution in [0.1, 0.15) is 18.0 Å². The molecule has 0 aliphatic carbocycles. The monoisotopic (exact) mass is 465 g/mol. The molecule has 0 radical (unpaired) electrons. The Labute approximate surface area is 192 Å². The minimum atomic E-state index is -4.29. The minimum absolute atomic E-state index is 0.0800. The predicted molar refractivity (Wildman–Crippen MR) is 120 cm³/mol. The van der Waals surface area contributed by atoms with Gasteiger partial charge in [0, 0.05) is 45.0 Å². The summed E-state index contributed by atoms with van der Waals surface area (Å²) in [6.45, 7) is 2.37. The molecule has 0 aromatic heterocycles. The number of amides is 1. The standard InChI is InChI=1S/C24H30F3N3O3/c1-32-21-10-8-20(9-11-21)28-23(31)22(19-6-3-2-4-7-19)30-15-13-29(14-16-30)12-5-17-33-18-24(25,26)27/h2-4,6-11,22H,5,12-18H2,1H3,(H,28,31). The summed E-state index contributed by atoms with van der Waals surface area (Å²) in [7, 11) is 1.59. The number of nitrogens with zero attached hydrogens (tertiary/aromatic N) is 2. The fourth-order valence-electron chi connectivity index (χ4n) is 3.87. The van der Waals surface area contributed by atoms with Gasteiger partial charge < -0.3 is 19.7 Å². The van der Waals surface area contributed by atoms with Gasteiger partial charge in [-0.2, -0.15) is 13.2 Å². The van der Waals surface area contributed by atoms with E-state index in [2.05, 4.69) is 19.9 Å². The van der Waals surface area contributed by atoms with Crippen LogP contribution in [0.3, 0.4) is 0 Å². The first-order valence-corrected chi connectivity index (χ1v) is 11.0. The van der Waals surface area contributed by atoms with Crippen LogP contribution in [0.2, 0.25) is 0 Å². The van der Waals surface area contributed by atoms with E-state index in [9.17, 15) is 18.0 Å². The van der Waals surface area contributed by atoms with Crippen LogP contribution in [0.5, 0.6) is 5.75 Å². The highest BCUT2D eigenvalue weighted by molar-refractivity contribution is 5.95. The van der Waals surface area contributed by atoms with E-state index >= 15 is 0 Å². The lowest BCUT2D eigenvalue weighted by Gasteiger charge is -2.38. The highest BCUT2D eigenvalue weighted by Crippen LogP contribution is 2.25. The molecule has 1 amide bonds. The Morgan fingerprint density at radius 1 is 1.03 bits per heavy atom. The van der Waals surface area contributed by atoms with E-state index in [1.807, 2.05) is 30.3 Å². The number of carbonyl (C=O) groups is 1. The number of hydrogen-bond donors (Lipinski definition) is 1. The average molecular weight is 466 g/mol. The van der Waals surface area contributed by atoms with Crippen molar-refractivity contribution in [2.24, 2.45) is 0 Å². The molecule has 2 aromatic carbocycles. The number of ether oxygens (including phenoxy) is 2. The zero-order valence-electron chi connectivity index (χ0n) is 18.7. The number of benzene rings is 2. The molecule has 6 nitrogen and oxygen atoms in total. The zero-order chi connectivity index (χ0) is 23.7. The normalized spacial score (nSPS) is 16.4. The molecule has 1 aliphatic heterocycles. The number of carbonyl (C=O) groups excluding carboxylic acids is 1. The number of alkyl halides is 3. The SMILES string of the molecule is COc1ccc(NC(=O)C(c2ccccc2)N2CCN(CCCOCC(F)(F)F)CC2)cc1. The van der Waals surface area contributed by atoms with Crippen molar-refractivity contribution in [3.8, 4) is 5.75 Å². The second kappa shape index (κ2) is 12.0. The van der Waals surface area contributed by atoms with Crippen LogP contribution in [-0.2, 0) is 9.53 Å². The first-order chi connectivity index (χ1) is 15.9. The average Bonchev–Trinajstić information content (AvgIpc) is 2.80. The number of piperazine rings is 1. The molecule has 33 heavy (non-hydrogen) atoms. The topological polar surface area (TPSA) is 54.0 Å². The van der Waals surface area contributed by atoms with Crippen molar-refractivity contribution in [2.45, 2.75) is 18.6 Å². The molecule has 0 bridgehead atoms. The largest absolute Gasteiger partial charge is 0.497 e. The lowest BCUT2D eigenvalue weighted by molar-refractivity contribution is -0.174. The van der Waals surface area contributed by atoms with E-state index in [1.54, 1.807) is 31.4 Å². The van der Waals surface area contributed by atoms with Crippen molar-refractivity contribution in [3.05, 3.63) is 60.2 Å². The third-order valence-electron chi connectivity index (χ3n) is 5.52. The van der Waals surface area contributed by atoms with Crippen LogP contribution in [0.15, 0.2) is 54.6 Å². The summed E-state index contributed by atoms with van der Waals surface area (Å²) in [5.41, 5.74) is 1.61. The number of methoxy groups -OCH3 is 1. The smallest absolute Gasteiger partial charge is 0.411 e. The number of rotatable bonds is 10. The van der Waals surface area contributed by atoms with E-state index < -0.39 is 18.8 Å². The highest BCUT2D eigenvalue weighted by Gasteiger charge is 2.31. The molecule has 1 fully saturated rings.